The molecule has 0 saturated carbocycles. The van der Waals surface area contributed by atoms with Gasteiger partial charge in [0.05, 0.1) is 24.5 Å². The number of carboxylic acid groups (broad SMARTS) is 1. The van der Waals surface area contributed by atoms with E-state index in [1.54, 1.807) is 0 Å². The first-order valence-electron chi connectivity index (χ1n) is 4.69. The second-order valence-corrected chi connectivity index (χ2v) is 4.65. The van der Waals surface area contributed by atoms with Crippen LogP contribution in [0.15, 0.2) is 12.1 Å². The predicted octanol–water partition coefficient (Wildman–Crippen LogP) is 1.59. The Morgan fingerprint density at radius 2 is 2.20 bits per heavy atom. The van der Waals surface area contributed by atoms with Crippen LogP contribution >= 0.6 is 11.3 Å². The van der Waals surface area contributed by atoms with Crippen molar-refractivity contribution in [2.45, 2.75) is 19.1 Å². The van der Waals surface area contributed by atoms with Crippen LogP contribution in [0.3, 0.4) is 0 Å². The molecule has 0 amide bonds. The molecule has 2 heterocycles. The number of rotatable bonds is 3. The Morgan fingerprint density at radius 3 is 2.80 bits per heavy atom. The van der Waals surface area contributed by atoms with Crippen molar-refractivity contribution < 1.29 is 19.4 Å². The molecule has 1 aromatic heterocycles. The number of hydrogen-bond acceptors (Lipinski definition) is 4. The molecule has 1 aromatic rings. The summed E-state index contributed by atoms with van der Waals surface area (Å²) < 4.78 is 11.0. The Balaban J connectivity index is 2.15. The molecule has 0 radical (unpaired) electrons. The second-order valence-electron chi connectivity index (χ2n) is 3.48. The summed E-state index contributed by atoms with van der Waals surface area (Å²) in [5, 5.41) is 8.65. The summed E-state index contributed by atoms with van der Waals surface area (Å²) in [5.74, 6) is -1.50. The first-order valence-corrected chi connectivity index (χ1v) is 5.51. The molecule has 2 rings (SSSR count). The molecule has 4 nitrogen and oxygen atoms in total. The lowest BCUT2D eigenvalue weighted by Gasteiger charge is -2.20. The molecule has 0 bridgehead atoms. The van der Waals surface area contributed by atoms with Crippen LogP contribution in [0.25, 0.3) is 0 Å². The minimum atomic E-state index is -0.818. The van der Waals surface area contributed by atoms with Gasteiger partial charge >= 0.3 is 5.97 Å². The fraction of sp³-hybridized carbons (Fsp3) is 0.500. The number of ether oxygens (including phenoxy) is 2. The van der Waals surface area contributed by atoms with Crippen LogP contribution in [0.5, 0.6) is 0 Å². The highest BCUT2D eigenvalue weighted by atomic mass is 32.1. The summed E-state index contributed by atoms with van der Waals surface area (Å²) in [4.78, 5) is 12.3. The lowest BCUT2D eigenvalue weighted by molar-refractivity contribution is -0.147. The van der Waals surface area contributed by atoms with Crippen molar-refractivity contribution in [1.29, 1.82) is 0 Å². The largest absolute Gasteiger partial charge is 0.481 e. The summed E-state index contributed by atoms with van der Waals surface area (Å²) in [6, 6.07) is 3.68. The van der Waals surface area contributed by atoms with Gasteiger partial charge in [0.25, 0.3) is 0 Å². The average Bonchev–Trinajstić information content (AvgIpc) is 2.74. The molecule has 0 spiro atoms. The minimum absolute atomic E-state index is 0.0563. The van der Waals surface area contributed by atoms with E-state index >= 15 is 0 Å². The standard InChI is InChI=1S/C10H12O4S/c1-10(13-4-5-14-10)8-3-2-7(15-8)6-9(11)12/h2-3H,4-6H2,1H3,(H,11,12). The first-order chi connectivity index (χ1) is 7.10. The predicted molar refractivity (Wildman–Crippen MR) is 54.9 cm³/mol. The summed E-state index contributed by atoms with van der Waals surface area (Å²) in [6.07, 6.45) is 0.0563. The van der Waals surface area contributed by atoms with E-state index in [-0.39, 0.29) is 6.42 Å². The van der Waals surface area contributed by atoms with Crippen LogP contribution < -0.4 is 0 Å². The Bertz CT molecular complexity index is 365. The van der Waals surface area contributed by atoms with Gasteiger partial charge in [-0.1, -0.05) is 0 Å². The molecule has 15 heavy (non-hydrogen) atoms. The molecule has 0 aromatic carbocycles. The van der Waals surface area contributed by atoms with Gasteiger partial charge in [0.2, 0.25) is 5.79 Å². The number of hydrogen-bond donors (Lipinski definition) is 1. The Hall–Kier alpha value is -0.910. The maximum Gasteiger partial charge on any atom is 0.308 e. The second kappa shape index (κ2) is 3.92. The molecule has 82 valence electrons. The van der Waals surface area contributed by atoms with Gasteiger partial charge in [0, 0.05) is 4.88 Å². The monoisotopic (exact) mass is 228 g/mol. The van der Waals surface area contributed by atoms with Crippen LogP contribution in [-0.2, 0) is 26.5 Å². The van der Waals surface area contributed by atoms with Gasteiger partial charge in [-0.2, -0.15) is 0 Å². The van der Waals surface area contributed by atoms with Gasteiger partial charge in [0.15, 0.2) is 0 Å². The van der Waals surface area contributed by atoms with E-state index < -0.39 is 11.8 Å². The van der Waals surface area contributed by atoms with Crippen LogP contribution in [-0.4, -0.2) is 24.3 Å². The SMILES string of the molecule is CC1(c2ccc(CC(=O)O)s2)OCCO1. The summed E-state index contributed by atoms with van der Waals surface area (Å²) in [5.41, 5.74) is 0. The molecule has 1 saturated heterocycles. The third-order valence-corrected chi connectivity index (χ3v) is 3.54. The molecule has 1 aliphatic heterocycles. The zero-order valence-electron chi connectivity index (χ0n) is 8.36. The van der Waals surface area contributed by atoms with Crippen molar-refractivity contribution in [3.63, 3.8) is 0 Å². The van der Waals surface area contributed by atoms with Crippen LogP contribution in [0, 0.1) is 0 Å². The fourth-order valence-corrected chi connectivity index (χ4v) is 2.58. The molecule has 1 aliphatic rings. The molecule has 0 aliphatic carbocycles. The van der Waals surface area contributed by atoms with Crippen molar-refractivity contribution in [1.82, 2.24) is 0 Å². The third-order valence-electron chi connectivity index (χ3n) is 2.27. The van der Waals surface area contributed by atoms with Crippen molar-refractivity contribution in [3.8, 4) is 0 Å². The molecule has 0 atom stereocenters. The number of thiophene rings is 1. The Labute approximate surface area is 91.4 Å². The lowest BCUT2D eigenvalue weighted by atomic mass is 10.2. The normalized spacial score (nSPS) is 19.3. The molecule has 0 unspecified atom stereocenters. The molecule has 1 fully saturated rings. The zero-order chi connectivity index (χ0) is 10.9. The summed E-state index contributed by atoms with van der Waals surface area (Å²) in [7, 11) is 0. The molecule has 5 heteroatoms. The van der Waals surface area contributed by atoms with Gasteiger partial charge in [-0.3, -0.25) is 4.79 Å². The third kappa shape index (κ3) is 2.19. The minimum Gasteiger partial charge on any atom is -0.481 e. The van der Waals surface area contributed by atoms with Crippen LogP contribution in [0.1, 0.15) is 16.7 Å². The van der Waals surface area contributed by atoms with E-state index in [4.69, 9.17) is 14.6 Å². The maximum atomic E-state index is 10.5. The highest BCUT2D eigenvalue weighted by Gasteiger charge is 2.34. The Morgan fingerprint density at radius 1 is 1.53 bits per heavy atom. The summed E-state index contributed by atoms with van der Waals surface area (Å²) >= 11 is 1.43. The Kier molecular flexibility index (Phi) is 2.77. The van der Waals surface area contributed by atoms with Gasteiger partial charge < -0.3 is 14.6 Å². The van der Waals surface area contributed by atoms with Crippen molar-refractivity contribution in [2.24, 2.45) is 0 Å². The van der Waals surface area contributed by atoms with E-state index in [9.17, 15) is 4.79 Å². The number of carbonyl (C=O) groups is 1. The summed E-state index contributed by atoms with van der Waals surface area (Å²) in [6.45, 7) is 3.03. The smallest absolute Gasteiger partial charge is 0.308 e. The first kappa shape index (κ1) is 10.6. The molecular weight excluding hydrogens is 216 g/mol. The molecule has 1 N–H and O–H groups in total. The number of carboxylic acids is 1. The van der Waals surface area contributed by atoms with Gasteiger partial charge in [-0.25, -0.2) is 0 Å². The van der Waals surface area contributed by atoms with E-state index in [1.807, 2.05) is 19.1 Å². The van der Waals surface area contributed by atoms with Crippen LogP contribution in [0.4, 0.5) is 0 Å². The van der Waals surface area contributed by atoms with Crippen molar-refractivity contribution in [2.75, 3.05) is 13.2 Å². The molecular formula is C10H12O4S. The highest BCUT2D eigenvalue weighted by molar-refractivity contribution is 7.12. The maximum absolute atomic E-state index is 10.5. The topological polar surface area (TPSA) is 55.8 Å². The fourth-order valence-electron chi connectivity index (χ4n) is 1.52. The van der Waals surface area contributed by atoms with E-state index in [2.05, 4.69) is 0 Å². The highest BCUT2D eigenvalue weighted by Crippen LogP contribution is 2.35. The lowest BCUT2D eigenvalue weighted by Crippen LogP contribution is -2.20. The van der Waals surface area contributed by atoms with E-state index in [0.29, 0.717) is 13.2 Å². The van der Waals surface area contributed by atoms with Gasteiger partial charge in [0.1, 0.15) is 0 Å². The van der Waals surface area contributed by atoms with Gasteiger partial charge in [-0.05, 0) is 19.1 Å². The van der Waals surface area contributed by atoms with E-state index in [0.717, 1.165) is 9.75 Å². The number of aliphatic carboxylic acids is 1. The average molecular weight is 228 g/mol. The van der Waals surface area contributed by atoms with Crippen molar-refractivity contribution >= 4 is 17.3 Å². The van der Waals surface area contributed by atoms with Crippen molar-refractivity contribution in [3.05, 3.63) is 21.9 Å². The van der Waals surface area contributed by atoms with E-state index in [1.165, 1.54) is 11.3 Å². The van der Waals surface area contributed by atoms with Crippen LogP contribution in [0.2, 0.25) is 0 Å². The zero-order valence-corrected chi connectivity index (χ0v) is 9.17. The van der Waals surface area contributed by atoms with Gasteiger partial charge in [-0.15, -0.1) is 11.3 Å². The quantitative estimate of drug-likeness (QED) is 0.853.